The van der Waals surface area contributed by atoms with Crippen LogP contribution >= 0.6 is 0 Å². The van der Waals surface area contributed by atoms with E-state index in [0.29, 0.717) is 17.7 Å². The average molecular weight is 316 g/mol. The summed E-state index contributed by atoms with van der Waals surface area (Å²) in [6, 6.07) is 8.05. The molecule has 0 radical (unpaired) electrons. The lowest BCUT2D eigenvalue weighted by molar-refractivity contribution is 0.112. The van der Waals surface area contributed by atoms with Gasteiger partial charge in [-0.25, -0.2) is 9.37 Å². The molecular weight excluding hydrogens is 299 g/mol. The molecule has 0 saturated carbocycles. The van der Waals surface area contributed by atoms with Gasteiger partial charge in [-0.3, -0.25) is 4.79 Å². The first-order valence-electron chi connectivity index (χ1n) is 7.42. The zero-order valence-electron chi connectivity index (χ0n) is 12.5. The van der Waals surface area contributed by atoms with Crippen LogP contribution in [0.4, 0.5) is 10.1 Å². The smallest absolute Gasteiger partial charge is 0.250 e. The fourth-order valence-corrected chi connectivity index (χ4v) is 2.77. The van der Waals surface area contributed by atoms with Gasteiger partial charge < -0.3 is 14.7 Å². The minimum atomic E-state index is -0.475. The Bertz CT molecular complexity index is 708. The molecule has 0 amide bonds. The van der Waals surface area contributed by atoms with Gasteiger partial charge in [0.2, 0.25) is 0 Å². The molecule has 3 rings (SSSR count). The SMILES string of the molecule is O=Cc1ccc(N2CCC(Oc3ncccc3F)C2)c(CO)c1. The summed E-state index contributed by atoms with van der Waals surface area (Å²) >= 11 is 0. The summed E-state index contributed by atoms with van der Waals surface area (Å²) in [7, 11) is 0. The van der Waals surface area contributed by atoms with Crippen molar-refractivity contribution in [2.45, 2.75) is 19.1 Å². The van der Waals surface area contributed by atoms with Crippen LogP contribution in [0.5, 0.6) is 5.88 Å². The molecule has 0 spiro atoms. The van der Waals surface area contributed by atoms with Crippen molar-refractivity contribution in [1.29, 1.82) is 0 Å². The number of carbonyl (C=O) groups excluding carboxylic acids is 1. The molecule has 0 bridgehead atoms. The predicted molar refractivity (Wildman–Crippen MR) is 83.2 cm³/mol. The van der Waals surface area contributed by atoms with Gasteiger partial charge in [-0.05, 0) is 30.3 Å². The number of aldehydes is 1. The van der Waals surface area contributed by atoms with Crippen molar-refractivity contribution < 1.29 is 19.0 Å². The van der Waals surface area contributed by atoms with Crippen LogP contribution in [0, 0.1) is 5.82 Å². The zero-order valence-corrected chi connectivity index (χ0v) is 12.5. The lowest BCUT2D eigenvalue weighted by atomic mass is 10.1. The minimum Gasteiger partial charge on any atom is -0.470 e. The van der Waals surface area contributed by atoms with E-state index in [0.717, 1.165) is 24.9 Å². The lowest BCUT2D eigenvalue weighted by Crippen LogP contribution is -2.26. The summed E-state index contributed by atoms with van der Waals surface area (Å²) < 4.78 is 19.2. The number of aromatic nitrogens is 1. The topological polar surface area (TPSA) is 62.7 Å². The molecule has 1 fully saturated rings. The van der Waals surface area contributed by atoms with E-state index in [1.807, 2.05) is 6.07 Å². The van der Waals surface area contributed by atoms with Crippen molar-refractivity contribution in [3.63, 3.8) is 0 Å². The fourth-order valence-electron chi connectivity index (χ4n) is 2.77. The van der Waals surface area contributed by atoms with Crippen LogP contribution in [0.1, 0.15) is 22.3 Å². The summed E-state index contributed by atoms with van der Waals surface area (Å²) in [6.07, 6.45) is 2.81. The van der Waals surface area contributed by atoms with Crippen LogP contribution in [-0.2, 0) is 6.61 Å². The van der Waals surface area contributed by atoms with Gasteiger partial charge >= 0.3 is 0 Å². The van der Waals surface area contributed by atoms with E-state index in [4.69, 9.17) is 4.74 Å². The summed E-state index contributed by atoms with van der Waals surface area (Å²) in [5.41, 5.74) is 2.09. The van der Waals surface area contributed by atoms with Crippen LogP contribution in [-0.4, -0.2) is 35.6 Å². The lowest BCUT2D eigenvalue weighted by Gasteiger charge is -2.22. The number of carbonyl (C=O) groups is 1. The molecule has 1 aliphatic rings. The number of rotatable bonds is 5. The molecule has 1 unspecified atom stereocenters. The number of aliphatic hydroxyl groups excluding tert-OH is 1. The van der Waals surface area contributed by atoms with Gasteiger partial charge in [0.25, 0.3) is 5.88 Å². The Hall–Kier alpha value is -2.47. The summed E-state index contributed by atoms with van der Waals surface area (Å²) in [5, 5.41) is 9.50. The molecule has 6 heteroatoms. The maximum atomic E-state index is 13.6. The highest BCUT2D eigenvalue weighted by atomic mass is 19.1. The number of anilines is 1. The molecule has 0 aliphatic carbocycles. The van der Waals surface area contributed by atoms with E-state index in [2.05, 4.69) is 9.88 Å². The molecule has 1 atom stereocenters. The first-order chi connectivity index (χ1) is 11.2. The van der Waals surface area contributed by atoms with Crippen molar-refractivity contribution in [3.8, 4) is 5.88 Å². The molecule has 1 N–H and O–H groups in total. The molecular formula is C17H17FN2O3. The van der Waals surface area contributed by atoms with Gasteiger partial charge in [0.15, 0.2) is 5.82 Å². The Labute approximate surface area is 133 Å². The van der Waals surface area contributed by atoms with E-state index < -0.39 is 5.82 Å². The number of hydrogen-bond acceptors (Lipinski definition) is 5. The molecule has 23 heavy (non-hydrogen) atoms. The zero-order chi connectivity index (χ0) is 16.2. The first-order valence-corrected chi connectivity index (χ1v) is 7.42. The molecule has 120 valence electrons. The maximum Gasteiger partial charge on any atom is 0.250 e. The van der Waals surface area contributed by atoms with Crippen molar-refractivity contribution in [3.05, 3.63) is 53.5 Å². The van der Waals surface area contributed by atoms with Gasteiger partial charge in [0.05, 0.1) is 13.2 Å². The Morgan fingerprint density at radius 3 is 3.04 bits per heavy atom. The number of hydrogen-bond donors (Lipinski definition) is 1. The van der Waals surface area contributed by atoms with Crippen LogP contribution in [0.2, 0.25) is 0 Å². The first kappa shape index (κ1) is 15.4. The Balaban J connectivity index is 1.72. The third kappa shape index (κ3) is 3.32. The Morgan fingerprint density at radius 2 is 2.30 bits per heavy atom. The number of pyridine rings is 1. The van der Waals surface area contributed by atoms with Gasteiger partial charge in [-0.2, -0.15) is 0 Å². The molecule has 2 heterocycles. The highest BCUT2D eigenvalue weighted by molar-refractivity contribution is 5.77. The van der Waals surface area contributed by atoms with Crippen LogP contribution < -0.4 is 9.64 Å². The Kier molecular flexibility index (Phi) is 4.52. The second-order valence-electron chi connectivity index (χ2n) is 5.43. The van der Waals surface area contributed by atoms with E-state index in [9.17, 15) is 14.3 Å². The molecule has 2 aromatic rings. The second kappa shape index (κ2) is 6.75. The second-order valence-corrected chi connectivity index (χ2v) is 5.43. The third-order valence-corrected chi connectivity index (χ3v) is 3.90. The number of halogens is 1. The highest BCUT2D eigenvalue weighted by Gasteiger charge is 2.26. The predicted octanol–water partition coefficient (Wildman–Crippen LogP) is 2.18. The third-order valence-electron chi connectivity index (χ3n) is 3.90. The van der Waals surface area contributed by atoms with E-state index in [1.54, 1.807) is 12.1 Å². The van der Waals surface area contributed by atoms with Gasteiger partial charge in [0, 0.05) is 36.0 Å². The number of benzene rings is 1. The monoisotopic (exact) mass is 316 g/mol. The van der Waals surface area contributed by atoms with Crippen molar-refractivity contribution >= 4 is 12.0 Å². The van der Waals surface area contributed by atoms with E-state index >= 15 is 0 Å². The molecule has 1 aliphatic heterocycles. The maximum absolute atomic E-state index is 13.6. The van der Waals surface area contributed by atoms with Crippen molar-refractivity contribution in [1.82, 2.24) is 4.98 Å². The largest absolute Gasteiger partial charge is 0.470 e. The minimum absolute atomic E-state index is 0.0121. The number of ether oxygens (including phenoxy) is 1. The standard InChI is InChI=1S/C17H17FN2O3/c18-15-2-1-6-19-17(15)23-14-5-7-20(9-14)16-4-3-12(10-21)8-13(16)11-22/h1-4,6,8,10,14,22H,5,7,9,11H2. The van der Waals surface area contributed by atoms with E-state index in [-0.39, 0.29) is 18.6 Å². The molecule has 1 saturated heterocycles. The van der Waals surface area contributed by atoms with Crippen molar-refractivity contribution in [2.75, 3.05) is 18.0 Å². The van der Waals surface area contributed by atoms with E-state index in [1.165, 1.54) is 18.3 Å². The van der Waals surface area contributed by atoms with Crippen LogP contribution in [0.3, 0.4) is 0 Å². The highest BCUT2D eigenvalue weighted by Crippen LogP contribution is 2.27. The van der Waals surface area contributed by atoms with Gasteiger partial charge in [0.1, 0.15) is 12.4 Å². The van der Waals surface area contributed by atoms with Crippen LogP contribution in [0.15, 0.2) is 36.5 Å². The number of nitrogens with zero attached hydrogens (tertiary/aromatic N) is 2. The molecule has 1 aromatic carbocycles. The quantitative estimate of drug-likeness (QED) is 0.857. The Morgan fingerprint density at radius 1 is 1.43 bits per heavy atom. The van der Waals surface area contributed by atoms with Gasteiger partial charge in [-0.15, -0.1) is 0 Å². The fraction of sp³-hybridized carbons (Fsp3) is 0.294. The summed E-state index contributed by atoms with van der Waals surface area (Å²) in [5.74, 6) is -0.463. The van der Waals surface area contributed by atoms with Crippen LogP contribution in [0.25, 0.3) is 0 Å². The molecule has 5 nitrogen and oxygen atoms in total. The van der Waals surface area contributed by atoms with Crippen molar-refractivity contribution in [2.24, 2.45) is 0 Å². The average Bonchev–Trinajstić information content (AvgIpc) is 3.04. The normalized spacial score (nSPS) is 17.3. The summed E-state index contributed by atoms with van der Waals surface area (Å²) in [6.45, 7) is 1.16. The molecule has 1 aromatic heterocycles. The number of aliphatic hydroxyl groups is 1. The summed E-state index contributed by atoms with van der Waals surface area (Å²) in [4.78, 5) is 16.8. The van der Waals surface area contributed by atoms with Gasteiger partial charge in [-0.1, -0.05) is 0 Å².